The van der Waals surface area contributed by atoms with Crippen molar-refractivity contribution in [3.05, 3.63) is 87.7 Å². The maximum atomic E-state index is 13.3. The molecule has 0 aliphatic carbocycles. The average molecular weight is 372 g/mol. The third-order valence-corrected chi connectivity index (χ3v) is 3.92. The SMILES string of the molecule is CC(NC(=O)c1ccn(-c2cccc([N+](=O)[O-])c2)n1)c1ccc(F)c(F)c1. The fourth-order valence-corrected chi connectivity index (χ4v) is 2.47. The largest absolute Gasteiger partial charge is 0.344 e. The fraction of sp³-hybridized carbons (Fsp3) is 0.111. The van der Waals surface area contributed by atoms with Crippen LogP contribution >= 0.6 is 0 Å². The van der Waals surface area contributed by atoms with Gasteiger partial charge in [0.05, 0.1) is 16.7 Å². The summed E-state index contributed by atoms with van der Waals surface area (Å²) >= 11 is 0. The molecule has 1 atom stereocenters. The summed E-state index contributed by atoms with van der Waals surface area (Å²) in [5.74, 6) is -2.48. The number of non-ortho nitro benzene ring substituents is 1. The molecule has 1 aromatic heterocycles. The first kappa shape index (κ1) is 18.2. The molecule has 0 radical (unpaired) electrons. The van der Waals surface area contributed by atoms with E-state index >= 15 is 0 Å². The molecule has 1 N–H and O–H groups in total. The second-order valence-electron chi connectivity index (χ2n) is 5.79. The quantitative estimate of drug-likeness (QED) is 0.548. The van der Waals surface area contributed by atoms with Crippen molar-refractivity contribution in [1.29, 1.82) is 0 Å². The molecule has 7 nitrogen and oxygen atoms in total. The number of carbonyl (C=O) groups is 1. The van der Waals surface area contributed by atoms with Crippen LogP contribution in [0, 0.1) is 21.7 Å². The van der Waals surface area contributed by atoms with E-state index in [-0.39, 0.29) is 11.4 Å². The van der Waals surface area contributed by atoms with Crippen LogP contribution in [0.15, 0.2) is 54.7 Å². The van der Waals surface area contributed by atoms with Gasteiger partial charge in [-0.3, -0.25) is 14.9 Å². The minimum absolute atomic E-state index is 0.0796. The Kier molecular flexibility index (Phi) is 4.93. The van der Waals surface area contributed by atoms with Gasteiger partial charge in [0.1, 0.15) is 0 Å². The lowest BCUT2D eigenvalue weighted by atomic mass is 10.1. The number of halogens is 2. The standard InChI is InChI=1S/C18H14F2N4O3/c1-11(12-5-6-15(19)16(20)9-12)21-18(25)17-7-8-23(22-17)13-3-2-4-14(10-13)24(26)27/h2-11H,1H3,(H,21,25). The Hall–Kier alpha value is -3.62. The summed E-state index contributed by atoms with van der Waals surface area (Å²) < 4.78 is 27.7. The molecule has 0 aliphatic heterocycles. The Labute approximate surface area is 152 Å². The summed E-state index contributed by atoms with van der Waals surface area (Å²) in [6, 6.07) is 10.1. The maximum Gasteiger partial charge on any atom is 0.272 e. The summed E-state index contributed by atoms with van der Waals surface area (Å²) in [5.41, 5.74) is 0.814. The van der Waals surface area contributed by atoms with Crippen LogP contribution in [0.1, 0.15) is 29.0 Å². The zero-order chi connectivity index (χ0) is 19.6. The molecule has 0 fully saturated rings. The summed E-state index contributed by atoms with van der Waals surface area (Å²) in [4.78, 5) is 22.7. The van der Waals surface area contributed by atoms with Crippen LogP contribution in [0.5, 0.6) is 0 Å². The van der Waals surface area contributed by atoms with Gasteiger partial charge in [-0.15, -0.1) is 0 Å². The van der Waals surface area contributed by atoms with Crippen molar-refractivity contribution >= 4 is 11.6 Å². The van der Waals surface area contributed by atoms with Gasteiger partial charge in [-0.1, -0.05) is 12.1 Å². The Morgan fingerprint density at radius 3 is 2.67 bits per heavy atom. The lowest BCUT2D eigenvalue weighted by Gasteiger charge is -2.13. The fourth-order valence-electron chi connectivity index (χ4n) is 2.47. The molecule has 0 bridgehead atoms. The number of hydrogen-bond donors (Lipinski definition) is 1. The number of hydrogen-bond acceptors (Lipinski definition) is 4. The molecule has 2 aromatic carbocycles. The highest BCUT2D eigenvalue weighted by Crippen LogP contribution is 2.18. The minimum Gasteiger partial charge on any atom is -0.344 e. The van der Waals surface area contributed by atoms with Crippen molar-refractivity contribution in [3.8, 4) is 5.69 Å². The van der Waals surface area contributed by atoms with E-state index in [1.54, 1.807) is 13.0 Å². The van der Waals surface area contributed by atoms with Crippen LogP contribution in [0.25, 0.3) is 5.69 Å². The van der Waals surface area contributed by atoms with Crippen molar-refractivity contribution in [3.63, 3.8) is 0 Å². The van der Waals surface area contributed by atoms with Crippen molar-refractivity contribution in [2.24, 2.45) is 0 Å². The molecule has 3 rings (SSSR count). The van der Waals surface area contributed by atoms with E-state index in [1.165, 1.54) is 41.2 Å². The molecule has 0 saturated carbocycles. The molecule has 1 unspecified atom stereocenters. The number of carbonyl (C=O) groups excluding carboxylic acids is 1. The number of benzene rings is 2. The predicted octanol–water partition coefficient (Wildman–Crippen LogP) is 3.55. The molecule has 0 spiro atoms. The van der Waals surface area contributed by atoms with Crippen molar-refractivity contribution in [2.45, 2.75) is 13.0 Å². The van der Waals surface area contributed by atoms with Crippen LogP contribution < -0.4 is 5.32 Å². The highest BCUT2D eigenvalue weighted by molar-refractivity contribution is 5.92. The summed E-state index contributed by atoms with van der Waals surface area (Å²) in [5, 5.41) is 17.6. The Balaban J connectivity index is 1.75. The lowest BCUT2D eigenvalue weighted by Crippen LogP contribution is -2.27. The molecule has 1 amide bonds. The molecule has 0 saturated heterocycles. The number of rotatable bonds is 5. The normalized spacial score (nSPS) is 11.8. The van der Waals surface area contributed by atoms with Gasteiger partial charge in [0.25, 0.3) is 11.6 Å². The van der Waals surface area contributed by atoms with E-state index in [2.05, 4.69) is 10.4 Å². The zero-order valence-electron chi connectivity index (χ0n) is 14.1. The summed E-state index contributed by atoms with van der Waals surface area (Å²) in [7, 11) is 0. The van der Waals surface area contributed by atoms with Crippen molar-refractivity contribution in [2.75, 3.05) is 0 Å². The van der Waals surface area contributed by atoms with Gasteiger partial charge in [-0.2, -0.15) is 5.10 Å². The number of nitrogens with zero attached hydrogens (tertiary/aromatic N) is 3. The minimum atomic E-state index is -0.997. The number of nitrogens with one attached hydrogen (secondary N) is 1. The monoisotopic (exact) mass is 372 g/mol. The van der Waals surface area contributed by atoms with Gasteiger partial charge in [0.2, 0.25) is 0 Å². The van der Waals surface area contributed by atoms with Gasteiger partial charge < -0.3 is 5.32 Å². The molecule has 1 heterocycles. The van der Waals surface area contributed by atoms with Crippen LogP contribution in [0.4, 0.5) is 14.5 Å². The maximum absolute atomic E-state index is 13.3. The van der Waals surface area contributed by atoms with E-state index in [4.69, 9.17) is 0 Å². The molecule has 138 valence electrons. The first-order chi connectivity index (χ1) is 12.8. The number of nitro benzene ring substituents is 1. The Morgan fingerprint density at radius 2 is 1.96 bits per heavy atom. The molecule has 3 aromatic rings. The molecule has 0 aliphatic rings. The average Bonchev–Trinajstić information content (AvgIpc) is 3.14. The molecule has 27 heavy (non-hydrogen) atoms. The highest BCUT2D eigenvalue weighted by Gasteiger charge is 2.16. The number of amides is 1. The zero-order valence-corrected chi connectivity index (χ0v) is 14.1. The second kappa shape index (κ2) is 7.32. The van der Waals surface area contributed by atoms with Gasteiger partial charge in [-0.25, -0.2) is 13.5 Å². The first-order valence-electron chi connectivity index (χ1n) is 7.91. The van der Waals surface area contributed by atoms with Gasteiger partial charge in [-0.05, 0) is 36.8 Å². The first-order valence-corrected chi connectivity index (χ1v) is 7.91. The topological polar surface area (TPSA) is 90.1 Å². The van der Waals surface area contributed by atoms with Gasteiger partial charge in [0.15, 0.2) is 17.3 Å². The number of nitro groups is 1. The third kappa shape index (κ3) is 3.97. The van der Waals surface area contributed by atoms with Crippen LogP contribution in [0.3, 0.4) is 0 Å². The summed E-state index contributed by atoms with van der Waals surface area (Å²) in [6.07, 6.45) is 1.50. The van der Waals surface area contributed by atoms with Crippen molar-refractivity contribution in [1.82, 2.24) is 15.1 Å². The van der Waals surface area contributed by atoms with Gasteiger partial charge >= 0.3 is 0 Å². The van der Waals surface area contributed by atoms with E-state index in [0.29, 0.717) is 11.3 Å². The predicted molar refractivity (Wildman–Crippen MR) is 92.5 cm³/mol. The van der Waals surface area contributed by atoms with E-state index < -0.39 is 28.5 Å². The highest BCUT2D eigenvalue weighted by atomic mass is 19.2. The molecule has 9 heteroatoms. The van der Waals surface area contributed by atoms with E-state index in [9.17, 15) is 23.7 Å². The van der Waals surface area contributed by atoms with Crippen LogP contribution in [-0.4, -0.2) is 20.6 Å². The molecular weight excluding hydrogens is 358 g/mol. The number of aromatic nitrogens is 2. The lowest BCUT2D eigenvalue weighted by molar-refractivity contribution is -0.384. The summed E-state index contributed by atoms with van der Waals surface area (Å²) in [6.45, 7) is 1.63. The van der Waals surface area contributed by atoms with Gasteiger partial charge in [0, 0.05) is 18.3 Å². The Morgan fingerprint density at radius 1 is 1.19 bits per heavy atom. The van der Waals surface area contributed by atoms with E-state index in [1.807, 2.05) is 0 Å². The van der Waals surface area contributed by atoms with E-state index in [0.717, 1.165) is 12.1 Å². The smallest absolute Gasteiger partial charge is 0.272 e. The molecular formula is C18H14F2N4O3. The van der Waals surface area contributed by atoms with Crippen LogP contribution in [-0.2, 0) is 0 Å². The third-order valence-electron chi connectivity index (χ3n) is 3.92. The van der Waals surface area contributed by atoms with Crippen molar-refractivity contribution < 1.29 is 18.5 Å². The second-order valence-corrected chi connectivity index (χ2v) is 5.79. The van der Waals surface area contributed by atoms with Crippen LogP contribution in [0.2, 0.25) is 0 Å². The Bertz CT molecular complexity index is 1020.